The van der Waals surface area contributed by atoms with Gasteiger partial charge in [0.15, 0.2) is 0 Å². The van der Waals surface area contributed by atoms with Crippen molar-refractivity contribution in [3.8, 4) is 5.75 Å². The Kier molecular flexibility index (Phi) is 5.74. The number of rotatable bonds is 5. The Morgan fingerprint density at radius 3 is 2.52 bits per heavy atom. The van der Waals surface area contributed by atoms with Crippen LogP contribution in [0.1, 0.15) is 9.67 Å². The Balaban J connectivity index is 1.99. The molecule has 21 heavy (non-hydrogen) atoms. The number of benzene rings is 1. The lowest BCUT2D eigenvalue weighted by molar-refractivity contribution is 0.103. The van der Waals surface area contributed by atoms with E-state index in [-0.39, 0.29) is 12.5 Å². The Bertz CT molecular complexity index is 652. The van der Waals surface area contributed by atoms with Gasteiger partial charge in [-0.25, -0.2) is 0 Å². The van der Waals surface area contributed by atoms with Crippen LogP contribution >= 0.6 is 55.4 Å². The highest BCUT2D eigenvalue weighted by atomic mass is 79.9. The number of thiocarbonyl (C=S) groups is 1. The quantitative estimate of drug-likeness (QED) is 0.671. The average molecular weight is 450 g/mol. The number of halogens is 2. The molecule has 110 valence electrons. The van der Waals surface area contributed by atoms with E-state index >= 15 is 0 Å². The summed E-state index contributed by atoms with van der Waals surface area (Å²) in [5, 5.41) is 2.81. The van der Waals surface area contributed by atoms with E-state index in [9.17, 15) is 4.79 Å². The van der Waals surface area contributed by atoms with E-state index in [0.29, 0.717) is 21.3 Å². The second-order valence-electron chi connectivity index (χ2n) is 3.97. The third-order valence-corrected chi connectivity index (χ3v) is 5.74. The Labute approximate surface area is 147 Å². The second-order valence-corrected chi connectivity index (χ2v) is 7.71. The molecule has 0 atom stereocenters. The number of carbonyl (C=O) groups is 1. The maximum absolute atomic E-state index is 12.1. The van der Waals surface area contributed by atoms with E-state index in [1.165, 1.54) is 11.3 Å². The third kappa shape index (κ3) is 4.77. The van der Waals surface area contributed by atoms with Gasteiger partial charge in [0.05, 0.1) is 8.66 Å². The fourth-order valence-corrected chi connectivity index (χ4v) is 3.43. The summed E-state index contributed by atoms with van der Waals surface area (Å²) in [7, 11) is 0. The van der Waals surface area contributed by atoms with E-state index in [0.717, 1.165) is 8.26 Å². The second kappa shape index (κ2) is 7.35. The molecule has 8 heteroatoms. The van der Waals surface area contributed by atoms with Crippen LogP contribution in [0.5, 0.6) is 5.75 Å². The van der Waals surface area contributed by atoms with E-state index in [1.807, 2.05) is 0 Å². The molecule has 0 aliphatic rings. The van der Waals surface area contributed by atoms with Crippen molar-refractivity contribution < 1.29 is 9.53 Å². The molecule has 0 fully saturated rings. The molecule has 0 unspecified atom stereocenters. The van der Waals surface area contributed by atoms with Crippen molar-refractivity contribution in [2.75, 3.05) is 11.9 Å². The highest BCUT2D eigenvalue weighted by Crippen LogP contribution is 2.32. The number of hydrogen-bond donors (Lipinski definition) is 2. The first-order valence-corrected chi connectivity index (χ1v) is 8.54. The van der Waals surface area contributed by atoms with E-state index in [2.05, 4.69) is 37.2 Å². The van der Waals surface area contributed by atoms with Crippen LogP contribution in [0, 0.1) is 0 Å². The Morgan fingerprint density at radius 1 is 1.33 bits per heavy atom. The van der Waals surface area contributed by atoms with Crippen LogP contribution in [0.4, 0.5) is 5.69 Å². The number of ether oxygens (including phenoxy) is 1. The van der Waals surface area contributed by atoms with Gasteiger partial charge in [0, 0.05) is 10.2 Å². The largest absolute Gasteiger partial charge is 0.487 e. The molecule has 4 nitrogen and oxygen atoms in total. The van der Waals surface area contributed by atoms with Crippen LogP contribution in [-0.4, -0.2) is 17.5 Å². The number of hydrogen-bond acceptors (Lipinski definition) is 4. The van der Waals surface area contributed by atoms with Gasteiger partial charge >= 0.3 is 0 Å². The Morgan fingerprint density at radius 2 is 2.00 bits per heavy atom. The highest BCUT2D eigenvalue weighted by molar-refractivity contribution is 9.13. The fraction of sp³-hybridized carbons (Fsp3) is 0.0769. The minimum Gasteiger partial charge on any atom is -0.487 e. The molecule has 0 saturated heterocycles. The number of carbonyl (C=O) groups excluding carboxylic acids is 1. The summed E-state index contributed by atoms with van der Waals surface area (Å²) in [6.07, 6.45) is 0. The van der Waals surface area contributed by atoms with Crippen LogP contribution in [0.15, 0.2) is 38.6 Å². The zero-order chi connectivity index (χ0) is 15.4. The van der Waals surface area contributed by atoms with Gasteiger partial charge in [-0.2, -0.15) is 0 Å². The normalized spacial score (nSPS) is 10.2. The number of amides is 1. The van der Waals surface area contributed by atoms with E-state index in [1.54, 1.807) is 30.3 Å². The predicted molar refractivity (Wildman–Crippen MR) is 96.4 cm³/mol. The van der Waals surface area contributed by atoms with Gasteiger partial charge in [-0.05, 0) is 62.2 Å². The molecule has 2 aromatic rings. The molecule has 0 aliphatic heterocycles. The standard InChI is InChI=1S/C13H10Br2N2O2S2/c14-9-5-10(21-12(9)15)13(18)17-7-1-3-8(4-2-7)19-6-11(16)20/h1-5H,6H2,(H2,16,20)(H,17,18). The lowest BCUT2D eigenvalue weighted by Crippen LogP contribution is -2.17. The van der Waals surface area contributed by atoms with Crippen molar-refractivity contribution in [3.63, 3.8) is 0 Å². The first-order chi connectivity index (χ1) is 9.95. The van der Waals surface area contributed by atoms with Gasteiger partial charge < -0.3 is 15.8 Å². The van der Waals surface area contributed by atoms with Crippen molar-refractivity contribution in [1.82, 2.24) is 0 Å². The van der Waals surface area contributed by atoms with Crippen molar-refractivity contribution in [2.24, 2.45) is 5.73 Å². The predicted octanol–water partition coefficient (Wildman–Crippen LogP) is 4.19. The molecule has 0 saturated carbocycles. The molecule has 2 rings (SSSR count). The van der Waals surface area contributed by atoms with Gasteiger partial charge in [-0.15, -0.1) is 11.3 Å². The summed E-state index contributed by atoms with van der Waals surface area (Å²) in [6.45, 7) is 0.193. The molecule has 0 aliphatic carbocycles. The average Bonchev–Trinajstić information content (AvgIpc) is 2.78. The van der Waals surface area contributed by atoms with Crippen LogP contribution < -0.4 is 15.8 Å². The van der Waals surface area contributed by atoms with Gasteiger partial charge in [0.2, 0.25) is 0 Å². The summed E-state index contributed by atoms with van der Waals surface area (Å²) in [5.74, 6) is 0.477. The first-order valence-electron chi connectivity index (χ1n) is 5.73. The van der Waals surface area contributed by atoms with Crippen molar-refractivity contribution >= 4 is 72.0 Å². The molecule has 1 aromatic carbocycles. The number of thiophene rings is 1. The molecule has 0 radical (unpaired) electrons. The zero-order valence-corrected chi connectivity index (χ0v) is 15.4. The summed E-state index contributed by atoms with van der Waals surface area (Å²) in [6, 6.07) is 8.76. The van der Waals surface area contributed by atoms with Gasteiger partial charge in [-0.3, -0.25) is 4.79 Å². The number of nitrogens with one attached hydrogen (secondary N) is 1. The van der Waals surface area contributed by atoms with Gasteiger partial charge in [0.25, 0.3) is 5.91 Å². The molecular formula is C13H10Br2N2O2S2. The number of anilines is 1. The van der Waals surface area contributed by atoms with Crippen LogP contribution in [0.25, 0.3) is 0 Å². The molecule has 1 heterocycles. The van der Waals surface area contributed by atoms with E-state index < -0.39 is 0 Å². The summed E-state index contributed by atoms with van der Waals surface area (Å²) in [4.78, 5) is 13.0. The molecule has 3 N–H and O–H groups in total. The van der Waals surface area contributed by atoms with Crippen molar-refractivity contribution in [3.05, 3.63) is 43.5 Å². The summed E-state index contributed by atoms with van der Waals surface area (Å²) >= 11 is 12.8. The van der Waals surface area contributed by atoms with Crippen LogP contribution in [0.2, 0.25) is 0 Å². The van der Waals surface area contributed by atoms with Crippen molar-refractivity contribution in [1.29, 1.82) is 0 Å². The molecule has 0 bridgehead atoms. The molecular weight excluding hydrogens is 440 g/mol. The lowest BCUT2D eigenvalue weighted by atomic mass is 10.3. The molecule has 0 spiro atoms. The topological polar surface area (TPSA) is 64.3 Å². The lowest BCUT2D eigenvalue weighted by Gasteiger charge is -2.07. The van der Waals surface area contributed by atoms with Crippen molar-refractivity contribution in [2.45, 2.75) is 0 Å². The molecule has 1 aromatic heterocycles. The Hall–Kier alpha value is -0.960. The maximum Gasteiger partial charge on any atom is 0.265 e. The van der Waals surface area contributed by atoms with Crippen LogP contribution in [0.3, 0.4) is 0 Å². The van der Waals surface area contributed by atoms with E-state index in [4.69, 9.17) is 22.7 Å². The monoisotopic (exact) mass is 448 g/mol. The van der Waals surface area contributed by atoms with Gasteiger partial charge in [-0.1, -0.05) is 12.2 Å². The van der Waals surface area contributed by atoms with Crippen LogP contribution in [-0.2, 0) is 0 Å². The van der Waals surface area contributed by atoms with Gasteiger partial charge in [0.1, 0.15) is 17.3 Å². The smallest absolute Gasteiger partial charge is 0.265 e. The summed E-state index contributed by atoms with van der Waals surface area (Å²) in [5.41, 5.74) is 6.04. The minimum absolute atomic E-state index is 0.164. The highest BCUT2D eigenvalue weighted by Gasteiger charge is 2.12. The maximum atomic E-state index is 12.1. The minimum atomic E-state index is -0.164. The zero-order valence-electron chi connectivity index (χ0n) is 10.6. The number of nitrogens with two attached hydrogens (primary N) is 1. The SMILES string of the molecule is NC(=S)COc1ccc(NC(=O)c2cc(Br)c(Br)s2)cc1. The molecule has 1 amide bonds. The third-order valence-electron chi connectivity index (χ3n) is 2.36. The summed E-state index contributed by atoms with van der Waals surface area (Å²) < 4.78 is 7.09. The fourth-order valence-electron chi connectivity index (χ4n) is 1.44. The first kappa shape index (κ1) is 16.4.